The van der Waals surface area contributed by atoms with Crippen LogP contribution in [0.15, 0.2) is 18.5 Å². The minimum atomic E-state index is 0.526. The van der Waals surface area contributed by atoms with Gasteiger partial charge in [-0.25, -0.2) is 0 Å². The third-order valence-electron chi connectivity index (χ3n) is 4.30. The van der Waals surface area contributed by atoms with Crippen LogP contribution in [0.2, 0.25) is 0 Å². The molecule has 3 atom stereocenters. The van der Waals surface area contributed by atoms with Crippen molar-refractivity contribution in [3.63, 3.8) is 0 Å². The minimum absolute atomic E-state index is 0.526. The highest BCUT2D eigenvalue weighted by atomic mass is 16.5. The van der Waals surface area contributed by atoms with Crippen molar-refractivity contribution in [3.8, 4) is 5.75 Å². The molecule has 3 rings (SSSR count). The van der Waals surface area contributed by atoms with E-state index in [2.05, 4.69) is 16.4 Å². The fraction of sp³-hybridized carbons (Fsp3) is 0.688. The molecule has 4 nitrogen and oxygen atoms in total. The standard InChI is InChI=1S/C16H24N2O2/c1-2-19-6-4-12-8-16(12)13-7-15(10-17-9-13)20-11-14-3-5-18-14/h7,9-10,12,14,16,18H,2-6,8,11H2,1H3/t12-,14-,16-/m0/s1. The molecule has 0 radical (unpaired) electrons. The van der Waals surface area contributed by atoms with Gasteiger partial charge in [-0.05, 0) is 56.2 Å². The molecule has 4 heteroatoms. The van der Waals surface area contributed by atoms with Crippen LogP contribution in [0.25, 0.3) is 0 Å². The molecular formula is C16H24N2O2. The van der Waals surface area contributed by atoms with Crippen LogP contribution < -0.4 is 10.1 Å². The molecule has 0 spiro atoms. The first kappa shape index (κ1) is 13.8. The summed E-state index contributed by atoms with van der Waals surface area (Å²) in [4.78, 5) is 4.32. The van der Waals surface area contributed by atoms with Crippen LogP contribution in [0, 0.1) is 5.92 Å². The van der Waals surface area contributed by atoms with Crippen molar-refractivity contribution >= 4 is 0 Å². The lowest BCUT2D eigenvalue weighted by Gasteiger charge is -2.27. The zero-order valence-corrected chi connectivity index (χ0v) is 12.2. The Morgan fingerprint density at radius 1 is 1.40 bits per heavy atom. The zero-order valence-electron chi connectivity index (χ0n) is 12.2. The normalized spacial score (nSPS) is 27.9. The van der Waals surface area contributed by atoms with Crippen LogP contribution >= 0.6 is 0 Å². The summed E-state index contributed by atoms with van der Waals surface area (Å²) in [5.74, 6) is 2.34. The Balaban J connectivity index is 1.47. The third kappa shape index (κ3) is 3.49. The molecule has 0 bridgehead atoms. The smallest absolute Gasteiger partial charge is 0.137 e. The summed E-state index contributed by atoms with van der Waals surface area (Å²) in [6, 6.07) is 2.69. The Kier molecular flexibility index (Phi) is 4.53. The second-order valence-electron chi connectivity index (χ2n) is 5.79. The first-order valence-corrected chi connectivity index (χ1v) is 7.75. The molecule has 2 aliphatic rings. The molecule has 1 aliphatic carbocycles. The van der Waals surface area contributed by atoms with E-state index in [-0.39, 0.29) is 0 Å². The van der Waals surface area contributed by atoms with E-state index in [9.17, 15) is 0 Å². The Morgan fingerprint density at radius 3 is 3.05 bits per heavy atom. The average molecular weight is 276 g/mol. The molecule has 0 unspecified atom stereocenters. The lowest BCUT2D eigenvalue weighted by molar-refractivity contribution is 0.140. The van der Waals surface area contributed by atoms with E-state index in [4.69, 9.17) is 9.47 Å². The van der Waals surface area contributed by atoms with Gasteiger partial charge in [-0.2, -0.15) is 0 Å². The van der Waals surface area contributed by atoms with Crippen LogP contribution in [-0.2, 0) is 4.74 Å². The molecule has 1 N–H and O–H groups in total. The number of nitrogens with zero attached hydrogens (tertiary/aromatic N) is 1. The Bertz CT molecular complexity index is 434. The van der Waals surface area contributed by atoms with Gasteiger partial charge in [-0.15, -0.1) is 0 Å². The number of hydrogen-bond donors (Lipinski definition) is 1. The van der Waals surface area contributed by atoms with Crippen LogP contribution in [0.3, 0.4) is 0 Å². The van der Waals surface area contributed by atoms with Gasteiger partial charge in [-0.1, -0.05) is 0 Å². The van der Waals surface area contributed by atoms with E-state index in [0.717, 1.165) is 44.5 Å². The van der Waals surface area contributed by atoms with Gasteiger partial charge in [0.1, 0.15) is 12.4 Å². The summed E-state index contributed by atoms with van der Waals surface area (Å²) in [5.41, 5.74) is 1.32. The predicted octanol–water partition coefficient (Wildman–Crippen LogP) is 2.35. The first-order chi connectivity index (χ1) is 9.86. The molecule has 1 saturated carbocycles. The van der Waals surface area contributed by atoms with Crippen molar-refractivity contribution in [3.05, 3.63) is 24.0 Å². The van der Waals surface area contributed by atoms with Gasteiger partial charge in [0, 0.05) is 25.5 Å². The second-order valence-corrected chi connectivity index (χ2v) is 5.79. The molecule has 0 amide bonds. The summed E-state index contributed by atoms with van der Waals surface area (Å²) in [6.07, 6.45) is 7.45. The number of pyridine rings is 1. The summed E-state index contributed by atoms with van der Waals surface area (Å²) in [6.45, 7) is 5.62. The van der Waals surface area contributed by atoms with Gasteiger partial charge in [-0.3, -0.25) is 4.98 Å². The van der Waals surface area contributed by atoms with E-state index < -0.39 is 0 Å². The summed E-state index contributed by atoms with van der Waals surface area (Å²) < 4.78 is 11.2. The fourth-order valence-electron chi connectivity index (χ4n) is 2.76. The van der Waals surface area contributed by atoms with E-state index in [0.29, 0.717) is 12.0 Å². The second kappa shape index (κ2) is 6.55. The third-order valence-corrected chi connectivity index (χ3v) is 4.30. The van der Waals surface area contributed by atoms with Crippen molar-refractivity contribution in [1.29, 1.82) is 0 Å². The van der Waals surface area contributed by atoms with Crippen molar-refractivity contribution in [2.75, 3.05) is 26.4 Å². The molecule has 2 heterocycles. The predicted molar refractivity (Wildman–Crippen MR) is 78.1 cm³/mol. The molecule has 0 aromatic carbocycles. The molecule has 20 heavy (non-hydrogen) atoms. The van der Waals surface area contributed by atoms with Crippen LogP contribution in [0.4, 0.5) is 0 Å². The average Bonchev–Trinajstić information content (AvgIpc) is 3.17. The largest absolute Gasteiger partial charge is 0.490 e. The summed E-state index contributed by atoms with van der Waals surface area (Å²) in [5, 5.41) is 3.34. The lowest BCUT2D eigenvalue weighted by Crippen LogP contribution is -2.46. The van der Waals surface area contributed by atoms with E-state index in [1.54, 1.807) is 0 Å². The zero-order chi connectivity index (χ0) is 13.8. The van der Waals surface area contributed by atoms with Gasteiger partial charge in [0.05, 0.1) is 6.20 Å². The Morgan fingerprint density at radius 2 is 2.30 bits per heavy atom. The monoisotopic (exact) mass is 276 g/mol. The maximum absolute atomic E-state index is 5.81. The van der Waals surface area contributed by atoms with E-state index in [1.165, 1.54) is 18.4 Å². The van der Waals surface area contributed by atoms with Gasteiger partial charge in [0.25, 0.3) is 0 Å². The van der Waals surface area contributed by atoms with E-state index >= 15 is 0 Å². The molecule has 1 aliphatic heterocycles. The quantitative estimate of drug-likeness (QED) is 0.740. The van der Waals surface area contributed by atoms with Gasteiger partial charge >= 0.3 is 0 Å². The van der Waals surface area contributed by atoms with Gasteiger partial charge in [0.2, 0.25) is 0 Å². The Hall–Kier alpha value is -1.13. The lowest BCUT2D eigenvalue weighted by atomic mass is 10.1. The van der Waals surface area contributed by atoms with Crippen LogP contribution in [0.1, 0.15) is 37.7 Å². The highest BCUT2D eigenvalue weighted by molar-refractivity contribution is 5.30. The number of rotatable bonds is 8. The Labute approximate surface area is 120 Å². The van der Waals surface area contributed by atoms with Crippen molar-refractivity contribution in [1.82, 2.24) is 10.3 Å². The highest BCUT2D eigenvalue weighted by Crippen LogP contribution is 2.49. The van der Waals surface area contributed by atoms with Gasteiger partial charge in [0.15, 0.2) is 0 Å². The molecule has 1 saturated heterocycles. The fourth-order valence-corrected chi connectivity index (χ4v) is 2.76. The number of nitrogens with one attached hydrogen (secondary N) is 1. The summed E-state index contributed by atoms with van der Waals surface area (Å²) >= 11 is 0. The molecule has 2 fully saturated rings. The molecule has 1 aromatic rings. The van der Waals surface area contributed by atoms with Crippen molar-refractivity contribution < 1.29 is 9.47 Å². The molecule has 1 aromatic heterocycles. The topological polar surface area (TPSA) is 43.4 Å². The maximum atomic E-state index is 5.81. The summed E-state index contributed by atoms with van der Waals surface area (Å²) in [7, 11) is 0. The van der Waals surface area contributed by atoms with Crippen molar-refractivity contribution in [2.24, 2.45) is 5.92 Å². The number of hydrogen-bond acceptors (Lipinski definition) is 4. The SMILES string of the molecule is CCOCC[C@H]1C[C@@H]1c1cncc(OC[C@@H]2CCN2)c1. The van der Waals surface area contributed by atoms with Crippen LogP contribution in [0.5, 0.6) is 5.75 Å². The highest BCUT2D eigenvalue weighted by Gasteiger charge is 2.38. The maximum Gasteiger partial charge on any atom is 0.137 e. The minimum Gasteiger partial charge on any atom is -0.490 e. The van der Waals surface area contributed by atoms with Crippen molar-refractivity contribution in [2.45, 2.75) is 38.1 Å². The van der Waals surface area contributed by atoms with Gasteiger partial charge < -0.3 is 14.8 Å². The first-order valence-electron chi connectivity index (χ1n) is 7.75. The number of aromatic nitrogens is 1. The number of ether oxygens (including phenoxy) is 2. The molecular weight excluding hydrogens is 252 g/mol. The van der Waals surface area contributed by atoms with Crippen LogP contribution in [-0.4, -0.2) is 37.4 Å². The van der Waals surface area contributed by atoms with E-state index in [1.807, 2.05) is 19.3 Å². The molecule has 110 valence electrons.